The molecule has 0 aliphatic carbocycles. The Morgan fingerprint density at radius 3 is 2.35 bits per heavy atom. The van der Waals surface area contributed by atoms with Gasteiger partial charge in [0.2, 0.25) is 0 Å². The number of carbonyl (C=O) groups is 1. The number of amides is 2. The first-order chi connectivity index (χ1) is 9.52. The van der Waals surface area contributed by atoms with E-state index in [1.165, 1.54) is 5.56 Å². The molecular formula is C16H27N3O. The number of urea groups is 1. The minimum Gasteiger partial charge on any atom is -0.338 e. The van der Waals surface area contributed by atoms with Crippen LogP contribution >= 0.6 is 0 Å². The molecule has 1 rings (SSSR count). The van der Waals surface area contributed by atoms with E-state index in [1.54, 1.807) is 0 Å². The van der Waals surface area contributed by atoms with Gasteiger partial charge in [-0.3, -0.25) is 0 Å². The predicted molar refractivity (Wildman–Crippen MR) is 85.0 cm³/mol. The van der Waals surface area contributed by atoms with Crippen LogP contribution in [0.5, 0.6) is 0 Å². The van der Waals surface area contributed by atoms with Gasteiger partial charge in [0, 0.05) is 18.3 Å². The van der Waals surface area contributed by atoms with Gasteiger partial charge in [0.15, 0.2) is 0 Å². The minimum atomic E-state index is -0.136. The third-order valence-corrected chi connectivity index (χ3v) is 3.35. The van der Waals surface area contributed by atoms with Crippen LogP contribution in [-0.2, 0) is 0 Å². The summed E-state index contributed by atoms with van der Waals surface area (Å²) in [6.07, 6.45) is 2.15. The SMILES string of the molecule is CNC(C)c1ccc(NC(=O)NCCCC(C)C)cc1. The lowest BCUT2D eigenvalue weighted by Crippen LogP contribution is -2.29. The van der Waals surface area contributed by atoms with Crippen LogP contribution in [0.3, 0.4) is 0 Å². The second kappa shape index (κ2) is 8.59. The van der Waals surface area contributed by atoms with Crippen LogP contribution < -0.4 is 16.0 Å². The molecule has 1 aromatic rings. The van der Waals surface area contributed by atoms with Gasteiger partial charge >= 0.3 is 6.03 Å². The molecule has 0 radical (unpaired) electrons. The zero-order valence-electron chi connectivity index (χ0n) is 13.0. The first-order valence-corrected chi connectivity index (χ1v) is 7.35. The quantitative estimate of drug-likeness (QED) is 0.668. The van der Waals surface area contributed by atoms with Gasteiger partial charge in [-0.1, -0.05) is 26.0 Å². The molecule has 4 nitrogen and oxygen atoms in total. The summed E-state index contributed by atoms with van der Waals surface area (Å²) in [5.41, 5.74) is 2.02. The Morgan fingerprint density at radius 1 is 1.15 bits per heavy atom. The van der Waals surface area contributed by atoms with E-state index in [4.69, 9.17) is 0 Å². The Balaban J connectivity index is 2.35. The molecule has 0 aromatic heterocycles. The molecule has 0 saturated carbocycles. The highest BCUT2D eigenvalue weighted by atomic mass is 16.2. The average molecular weight is 277 g/mol. The molecule has 0 spiro atoms. The summed E-state index contributed by atoms with van der Waals surface area (Å²) in [6, 6.07) is 8.08. The number of anilines is 1. The van der Waals surface area contributed by atoms with E-state index >= 15 is 0 Å². The van der Waals surface area contributed by atoms with Crippen molar-refractivity contribution in [1.82, 2.24) is 10.6 Å². The van der Waals surface area contributed by atoms with Gasteiger partial charge in [-0.05, 0) is 50.4 Å². The molecule has 1 unspecified atom stereocenters. The van der Waals surface area contributed by atoms with Crippen molar-refractivity contribution in [3.63, 3.8) is 0 Å². The van der Waals surface area contributed by atoms with Crippen molar-refractivity contribution in [3.05, 3.63) is 29.8 Å². The molecule has 0 aliphatic heterocycles. The van der Waals surface area contributed by atoms with Gasteiger partial charge in [0.05, 0.1) is 0 Å². The number of benzene rings is 1. The van der Waals surface area contributed by atoms with Gasteiger partial charge in [-0.15, -0.1) is 0 Å². The highest BCUT2D eigenvalue weighted by Gasteiger charge is 2.04. The van der Waals surface area contributed by atoms with Gasteiger partial charge in [-0.2, -0.15) is 0 Å². The van der Waals surface area contributed by atoms with Crippen molar-refractivity contribution in [1.29, 1.82) is 0 Å². The fourth-order valence-corrected chi connectivity index (χ4v) is 1.91. The summed E-state index contributed by atoms with van der Waals surface area (Å²) >= 11 is 0. The fourth-order valence-electron chi connectivity index (χ4n) is 1.91. The highest BCUT2D eigenvalue weighted by molar-refractivity contribution is 5.89. The molecule has 4 heteroatoms. The molecule has 3 N–H and O–H groups in total. The van der Waals surface area contributed by atoms with Gasteiger partial charge in [0.1, 0.15) is 0 Å². The Kier molecular flexibility index (Phi) is 7.09. The Bertz CT molecular complexity index is 401. The lowest BCUT2D eigenvalue weighted by molar-refractivity contribution is 0.251. The van der Waals surface area contributed by atoms with Crippen molar-refractivity contribution in [2.45, 2.75) is 39.7 Å². The topological polar surface area (TPSA) is 53.2 Å². The molecule has 2 amide bonds. The first-order valence-electron chi connectivity index (χ1n) is 7.35. The molecule has 0 fully saturated rings. The molecular weight excluding hydrogens is 250 g/mol. The van der Waals surface area contributed by atoms with Crippen LogP contribution in [-0.4, -0.2) is 19.6 Å². The van der Waals surface area contributed by atoms with Gasteiger partial charge in [0.25, 0.3) is 0 Å². The summed E-state index contributed by atoms with van der Waals surface area (Å²) in [4.78, 5) is 11.7. The number of hydrogen-bond acceptors (Lipinski definition) is 2. The molecule has 0 heterocycles. The maximum Gasteiger partial charge on any atom is 0.319 e. The van der Waals surface area contributed by atoms with E-state index in [1.807, 2.05) is 31.3 Å². The standard InChI is InChI=1S/C16H27N3O/c1-12(2)6-5-11-18-16(20)19-15-9-7-14(8-10-15)13(3)17-4/h7-10,12-13,17H,5-6,11H2,1-4H3,(H2,18,19,20). The smallest absolute Gasteiger partial charge is 0.319 e. The second-order valence-corrected chi connectivity index (χ2v) is 5.55. The van der Waals surface area contributed by atoms with Crippen molar-refractivity contribution < 1.29 is 4.79 Å². The van der Waals surface area contributed by atoms with Gasteiger partial charge < -0.3 is 16.0 Å². The fraction of sp³-hybridized carbons (Fsp3) is 0.562. The van der Waals surface area contributed by atoms with Crippen molar-refractivity contribution in [2.24, 2.45) is 5.92 Å². The van der Waals surface area contributed by atoms with Crippen LogP contribution in [0.4, 0.5) is 10.5 Å². The van der Waals surface area contributed by atoms with E-state index < -0.39 is 0 Å². The molecule has 1 aromatic carbocycles. The second-order valence-electron chi connectivity index (χ2n) is 5.55. The van der Waals surface area contributed by atoms with E-state index in [2.05, 4.69) is 36.7 Å². The maximum atomic E-state index is 11.7. The summed E-state index contributed by atoms with van der Waals surface area (Å²) in [7, 11) is 1.93. The molecule has 0 aliphatic rings. The summed E-state index contributed by atoms with van der Waals surface area (Å²) < 4.78 is 0. The normalized spacial score (nSPS) is 12.2. The molecule has 0 saturated heterocycles. The zero-order chi connectivity index (χ0) is 15.0. The minimum absolute atomic E-state index is 0.136. The lowest BCUT2D eigenvalue weighted by atomic mass is 10.1. The van der Waals surface area contributed by atoms with Crippen LogP contribution in [0.25, 0.3) is 0 Å². The number of hydrogen-bond donors (Lipinski definition) is 3. The van der Waals surface area contributed by atoms with Crippen molar-refractivity contribution in [2.75, 3.05) is 18.9 Å². The van der Waals surface area contributed by atoms with Crippen LogP contribution in [0.1, 0.15) is 45.2 Å². The number of rotatable bonds is 7. The highest BCUT2D eigenvalue weighted by Crippen LogP contribution is 2.15. The van der Waals surface area contributed by atoms with E-state index in [9.17, 15) is 4.79 Å². The molecule has 1 atom stereocenters. The van der Waals surface area contributed by atoms with Gasteiger partial charge in [-0.25, -0.2) is 4.79 Å². The maximum absolute atomic E-state index is 11.7. The summed E-state index contributed by atoms with van der Waals surface area (Å²) in [5.74, 6) is 0.682. The van der Waals surface area contributed by atoms with E-state index in [0.717, 1.165) is 25.1 Å². The third kappa shape index (κ3) is 6.06. The van der Waals surface area contributed by atoms with Crippen LogP contribution in [0.15, 0.2) is 24.3 Å². The number of carbonyl (C=O) groups excluding carboxylic acids is 1. The molecule has 0 bridgehead atoms. The van der Waals surface area contributed by atoms with E-state index in [0.29, 0.717) is 12.0 Å². The monoisotopic (exact) mass is 277 g/mol. The number of nitrogens with one attached hydrogen (secondary N) is 3. The summed E-state index contributed by atoms with van der Waals surface area (Å²) in [6.45, 7) is 7.20. The Labute approximate surface area is 122 Å². The first kappa shape index (κ1) is 16.5. The molecule has 112 valence electrons. The van der Waals surface area contributed by atoms with Crippen LogP contribution in [0, 0.1) is 5.92 Å². The van der Waals surface area contributed by atoms with Crippen LogP contribution in [0.2, 0.25) is 0 Å². The lowest BCUT2D eigenvalue weighted by Gasteiger charge is -2.12. The third-order valence-electron chi connectivity index (χ3n) is 3.35. The predicted octanol–water partition coefficient (Wildman–Crippen LogP) is 3.52. The van der Waals surface area contributed by atoms with Crippen molar-refractivity contribution >= 4 is 11.7 Å². The largest absolute Gasteiger partial charge is 0.338 e. The Hall–Kier alpha value is -1.55. The zero-order valence-corrected chi connectivity index (χ0v) is 13.0. The van der Waals surface area contributed by atoms with E-state index in [-0.39, 0.29) is 6.03 Å². The molecule has 20 heavy (non-hydrogen) atoms. The Morgan fingerprint density at radius 2 is 1.80 bits per heavy atom. The van der Waals surface area contributed by atoms with Crippen molar-refractivity contribution in [3.8, 4) is 0 Å². The summed E-state index contributed by atoms with van der Waals surface area (Å²) in [5, 5.41) is 8.90. The average Bonchev–Trinajstić information content (AvgIpc) is 2.43.